The average molecular weight is 415 g/mol. The van der Waals surface area contributed by atoms with Crippen LogP contribution in [0.5, 0.6) is 0 Å². The summed E-state index contributed by atoms with van der Waals surface area (Å²) in [6.07, 6.45) is 23.6. The zero-order valence-corrected chi connectivity index (χ0v) is 19.8. The van der Waals surface area contributed by atoms with Crippen molar-refractivity contribution in [3.63, 3.8) is 0 Å². The number of ether oxygens (including phenoxy) is 1. The molecule has 4 nitrogen and oxygen atoms in total. The zero-order valence-electron chi connectivity index (χ0n) is 19.8. The van der Waals surface area contributed by atoms with Crippen LogP contribution >= 0.6 is 0 Å². The van der Waals surface area contributed by atoms with Crippen LogP contribution in [0.2, 0.25) is 0 Å². The van der Waals surface area contributed by atoms with E-state index in [1.165, 1.54) is 96.8 Å². The number of aliphatic carboxylic acids is 1. The molecule has 4 heteroatoms. The summed E-state index contributed by atoms with van der Waals surface area (Å²) in [5.74, 6) is -0.828. The monoisotopic (exact) mass is 414 g/mol. The first-order valence-corrected chi connectivity index (χ1v) is 12.4. The Balaban J connectivity index is 0. The number of esters is 1. The standard InChI is InChI=1S/C18H36O2.C7H14O2/c1-3-4-5-6-7-8-9-10-11-12-13-14-15-16-17-20-18(2)19;1-2-3-4-5-6-7(8)9/h3-17H2,1-2H3;2-6H2,1H3,(H,8,9). The van der Waals surface area contributed by atoms with E-state index in [4.69, 9.17) is 9.84 Å². The molecule has 0 bridgehead atoms. The molecule has 0 aliphatic rings. The minimum atomic E-state index is -0.675. The predicted octanol–water partition coefficient (Wildman–Crippen LogP) is 8.07. The van der Waals surface area contributed by atoms with E-state index in [1.807, 2.05) is 0 Å². The molecule has 29 heavy (non-hydrogen) atoms. The molecule has 0 aliphatic carbocycles. The second-order valence-electron chi connectivity index (χ2n) is 8.14. The molecule has 0 aromatic heterocycles. The Morgan fingerprint density at radius 2 is 0.931 bits per heavy atom. The van der Waals surface area contributed by atoms with Gasteiger partial charge in [0.25, 0.3) is 0 Å². The SMILES string of the molecule is CCCCCCC(=O)O.CCCCCCCCCCCCCCCCOC(C)=O. The van der Waals surface area contributed by atoms with Crippen LogP contribution in [0.25, 0.3) is 0 Å². The Hall–Kier alpha value is -1.06. The number of carboxylic acids is 1. The maximum absolute atomic E-state index is 10.6. The molecule has 0 atom stereocenters. The molecule has 1 N–H and O–H groups in total. The van der Waals surface area contributed by atoms with Gasteiger partial charge in [0.1, 0.15) is 0 Å². The Kier molecular flexibility index (Phi) is 28.0. The van der Waals surface area contributed by atoms with Gasteiger partial charge in [0.2, 0.25) is 0 Å². The van der Waals surface area contributed by atoms with Crippen LogP contribution in [-0.4, -0.2) is 23.7 Å². The summed E-state index contributed by atoms with van der Waals surface area (Å²) in [5.41, 5.74) is 0. The molecule has 0 spiro atoms. The van der Waals surface area contributed by atoms with Gasteiger partial charge in [-0.05, 0) is 12.8 Å². The van der Waals surface area contributed by atoms with Crippen molar-refractivity contribution >= 4 is 11.9 Å². The van der Waals surface area contributed by atoms with Gasteiger partial charge in [-0.25, -0.2) is 0 Å². The molecular formula is C25H50O4. The van der Waals surface area contributed by atoms with Gasteiger partial charge in [-0.1, -0.05) is 117 Å². The lowest BCUT2D eigenvalue weighted by Gasteiger charge is -2.03. The highest BCUT2D eigenvalue weighted by atomic mass is 16.5. The van der Waals surface area contributed by atoms with Crippen molar-refractivity contribution in [3.05, 3.63) is 0 Å². The number of hydrogen-bond donors (Lipinski definition) is 1. The number of unbranched alkanes of at least 4 members (excludes halogenated alkanes) is 16. The summed E-state index contributed by atoms with van der Waals surface area (Å²) in [6, 6.07) is 0. The number of carbonyl (C=O) groups excluding carboxylic acids is 1. The van der Waals surface area contributed by atoms with Gasteiger partial charge in [-0.3, -0.25) is 9.59 Å². The van der Waals surface area contributed by atoms with Gasteiger partial charge in [-0.15, -0.1) is 0 Å². The first-order chi connectivity index (χ1) is 14.0. The molecule has 0 saturated carbocycles. The second kappa shape index (κ2) is 26.9. The summed E-state index contributed by atoms with van der Waals surface area (Å²) in [6.45, 7) is 6.47. The van der Waals surface area contributed by atoms with Gasteiger partial charge in [0.15, 0.2) is 0 Å². The Morgan fingerprint density at radius 1 is 0.586 bits per heavy atom. The number of carboxylic acid groups (broad SMARTS) is 1. The Labute approximate surface area is 181 Å². The summed E-state index contributed by atoms with van der Waals surface area (Å²) < 4.78 is 4.91. The first-order valence-electron chi connectivity index (χ1n) is 12.4. The van der Waals surface area contributed by atoms with E-state index in [-0.39, 0.29) is 5.97 Å². The molecular weight excluding hydrogens is 364 g/mol. The van der Waals surface area contributed by atoms with Crippen LogP contribution in [0, 0.1) is 0 Å². The molecule has 0 aromatic rings. The molecule has 0 amide bonds. The fourth-order valence-corrected chi connectivity index (χ4v) is 3.22. The lowest BCUT2D eigenvalue weighted by molar-refractivity contribution is -0.141. The van der Waals surface area contributed by atoms with E-state index in [2.05, 4.69) is 13.8 Å². The van der Waals surface area contributed by atoms with Crippen LogP contribution in [0.1, 0.15) is 143 Å². The highest BCUT2D eigenvalue weighted by Crippen LogP contribution is 2.12. The first kappa shape index (κ1) is 30.1. The minimum absolute atomic E-state index is 0.153. The van der Waals surface area contributed by atoms with Gasteiger partial charge in [0.05, 0.1) is 6.61 Å². The second-order valence-corrected chi connectivity index (χ2v) is 8.14. The van der Waals surface area contributed by atoms with Crippen LogP contribution in [0.3, 0.4) is 0 Å². The fraction of sp³-hybridized carbons (Fsp3) is 0.920. The maximum atomic E-state index is 10.6. The fourth-order valence-electron chi connectivity index (χ4n) is 3.22. The lowest BCUT2D eigenvalue weighted by Crippen LogP contribution is -2.00. The molecule has 0 fully saturated rings. The summed E-state index contributed by atoms with van der Waals surface area (Å²) in [7, 11) is 0. The molecule has 0 rings (SSSR count). The van der Waals surface area contributed by atoms with Crippen molar-refractivity contribution in [1.29, 1.82) is 0 Å². The summed E-state index contributed by atoms with van der Waals surface area (Å²) in [5, 5.41) is 8.21. The average Bonchev–Trinajstić information content (AvgIpc) is 2.68. The largest absolute Gasteiger partial charge is 0.481 e. The van der Waals surface area contributed by atoms with E-state index in [1.54, 1.807) is 0 Å². The highest BCUT2D eigenvalue weighted by Gasteiger charge is 1.96. The van der Waals surface area contributed by atoms with Crippen LogP contribution in [0.15, 0.2) is 0 Å². The van der Waals surface area contributed by atoms with Gasteiger partial charge in [-0.2, -0.15) is 0 Å². The molecule has 0 aliphatic heterocycles. The van der Waals surface area contributed by atoms with Crippen molar-refractivity contribution in [2.45, 2.75) is 143 Å². The maximum Gasteiger partial charge on any atom is 0.303 e. The zero-order chi connectivity index (χ0) is 22.0. The van der Waals surface area contributed by atoms with Gasteiger partial charge in [0, 0.05) is 13.3 Å². The normalized spacial score (nSPS) is 10.3. The third-order valence-corrected chi connectivity index (χ3v) is 5.05. The Bertz CT molecular complexity index is 342. The van der Waals surface area contributed by atoms with Crippen LogP contribution in [0.4, 0.5) is 0 Å². The Morgan fingerprint density at radius 3 is 1.28 bits per heavy atom. The topological polar surface area (TPSA) is 63.6 Å². The van der Waals surface area contributed by atoms with E-state index in [9.17, 15) is 9.59 Å². The van der Waals surface area contributed by atoms with Crippen molar-refractivity contribution in [2.24, 2.45) is 0 Å². The molecule has 0 heterocycles. The van der Waals surface area contributed by atoms with Gasteiger partial charge < -0.3 is 9.84 Å². The highest BCUT2D eigenvalue weighted by molar-refractivity contribution is 5.66. The smallest absolute Gasteiger partial charge is 0.303 e. The van der Waals surface area contributed by atoms with Crippen molar-refractivity contribution in [1.82, 2.24) is 0 Å². The molecule has 0 radical (unpaired) electrons. The summed E-state index contributed by atoms with van der Waals surface area (Å²) in [4.78, 5) is 20.5. The molecule has 0 aromatic carbocycles. The summed E-state index contributed by atoms with van der Waals surface area (Å²) >= 11 is 0. The third-order valence-electron chi connectivity index (χ3n) is 5.05. The molecule has 0 unspecified atom stereocenters. The predicted molar refractivity (Wildman–Crippen MR) is 123 cm³/mol. The number of hydrogen-bond acceptors (Lipinski definition) is 3. The number of rotatable bonds is 20. The van der Waals surface area contributed by atoms with Crippen molar-refractivity contribution in [2.75, 3.05) is 6.61 Å². The van der Waals surface area contributed by atoms with E-state index in [0.717, 1.165) is 25.7 Å². The van der Waals surface area contributed by atoms with E-state index in [0.29, 0.717) is 13.0 Å². The van der Waals surface area contributed by atoms with Crippen molar-refractivity contribution in [3.8, 4) is 0 Å². The number of carbonyl (C=O) groups is 2. The lowest BCUT2D eigenvalue weighted by atomic mass is 10.0. The quantitative estimate of drug-likeness (QED) is 0.161. The van der Waals surface area contributed by atoms with Crippen LogP contribution < -0.4 is 0 Å². The van der Waals surface area contributed by atoms with Gasteiger partial charge >= 0.3 is 11.9 Å². The third kappa shape index (κ3) is 34.8. The minimum Gasteiger partial charge on any atom is -0.481 e. The molecule has 174 valence electrons. The molecule has 0 saturated heterocycles. The van der Waals surface area contributed by atoms with Crippen molar-refractivity contribution < 1.29 is 19.4 Å². The van der Waals surface area contributed by atoms with E-state index >= 15 is 0 Å². The van der Waals surface area contributed by atoms with Crippen LogP contribution in [-0.2, 0) is 14.3 Å². The van der Waals surface area contributed by atoms with E-state index < -0.39 is 5.97 Å².